The first kappa shape index (κ1) is 24.4. The van der Waals surface area contributed by atoms with Crippen LogP contribution in [0.3, 0.4) is 0 Å². The Balaban J connectivity index is 2.36. The Morgan fingerprint density at radius 1 is 1.13 bits per heavy atom. The fourth-order valence-electron chi connectivity index (χ4n) is 2.97. The fraction of sp³-hybridized carbons (Fsp3) is 0.300. The number of pyridine rings is 1. The predicted octanol–water partition coefficient (Wildman–Crippen LogP) is 1.59. The van der Waals surface area contributed by atoms with E-state index in [1.807, 2.05) is 0 Å². The summed E-state index contributed by atoms with van der Waals surface area (Å²) in [6.45, 7) is 1.17. The molecule has 8 nitrogen and oxygen atoms in total. The molecule has 0 aliphatic heterocycles. The molecule has 0 bridgehead atoms. The molecule has 0 spiro atoms. The van der Waals surface area contributed by atoms with Crippen molar-refractivity contribution >= 4 is 39.4 Å². The van der Waals surface area contributed by atoms with Crippen molar-refractivity contribution in [2.45, 2.75) is 31.2 Å². The third-order valence-corrected chi connectivity index (χ3v) is 5.22. The summed E-state index contributed by atoms with van der Waals surface area (Å²) in [5.41, 5.74) is 0.771. The van der Waals surface area contributed by atoms with E-state index < -0.39 is 45.7 Å². The molecular weight excluding hydrogens is 449 g/mol. The lowest BCUT2D eigenvalue weighted by molar-refractivity contribution is -0.130. The molecule has 0 saturated carbocycles. The lowest BCUT2D eigenvalue weighted by Crippen LogP contribution is -2.48. The van der Waals surface area contributed by atoms with Crippen LogP contribution in [0.4, 0.5) is 3.89 Å². The number of carbonyl (C=O) groups excluding carboxylic acids is 3. The molecular formula is C20H21ClFN3O5S. The number of rotatable bonds is 10. The Labute approximate surface area is 184 Å². The van der Waals surface area contributed by atoms with Gasteiger partial charge in [-0.05, 0) is 22.8 Å². The van der Waals surface area contributed by atoms with E-state index in [9.17, 15) is 26.7 Å². The van der Waals surface area contributed by atoms with Crippen molar-refractivity contribution in [2.24, 2.45) is 0 Å². The summed E-state index contributed by atoms with van der Waals surface area (Å²) in [5.74, 6) is -3.13. The maximum atomic E-state index is 13.3. The zero-order valence-corrected chi connectivity index (χ0v) is 18.1. The first-order valence-electron chi connectivity index (χ1n) is 9.16. The fourth-order valence-corrected chi connectivity index (χ4v) is 3.79. The van der Waals surface area contributed by atoms with E-state index in [4.69, 9.17) is 11.6 Å². The highest BCUT2D eigenvalue weighted by Crippen LogP contribution is 2.22. The Morgan fingerprint density at radius 3 is 2.42 bits per heavy atom. The molecule has 11 heteroatoms. The van der Waals surface area contributed by atoms with Crippen molar-refractivity contribution in [2.75, 3.05) is 5.88 Å². The van der Waals surface area contributed by atoms with Gasteiger partial charge in [-0.2, -0.15) is 8.42 Å². The van der Waals surface area contributed by atoms with Crippen molar-refractivity contribution in [3.63, 3.8) is 0 Å². The minimum absolute atomic E-state index is 0.00591. The number of alkyl halides is 1. The number of benzene rings is 1. The summed E-state index contributed by atoms with van der Waals surface area (Å²) in [4.78, 5) is 41.0. The molecule has 2 atom stereocenters. The van der Waals surface area contributed by atoms with E-state index in [1.54, 1.807) is 18.3 Å². The average molecular weight is 470 g/mol. The summed E-state index contributed by atoms with van der Waals surface area (Å²) in [6.07, 6.45) is 3.20. The molecule has 2 unspecified atom stereocenters. The molecule has 1 aromatic heterocycles. The first-order valence-corrected chi connectivity index (χ1v) is 11.2. The third-order valence-electron chi connectivity index (χ3n) is 4.30. The van der Waals surface area contributed by atoms with E-state index in [0.717, 1.165) is 0 Å². The Hall–Kier alpha value is -2.85. The minimum atomic E-state index is -4.89. The van der Waals surface area contributed by atoms with Gasteiger partial charge < -0.3 is 10.6 Å². The second kappa shape index (κ2) is 11.0. The lowest BCUT2D eigenvalue weighted by Gasteiger charge is -2.24. The molecule has 0 aliphatic carbocycles. The van der Waals surface area contributed by atoms with Crippen molar-refractivity contribution in [3.05, 3.63) is 65.5 Å². The molecule has 1 heterocycles. The Bertz CT molecular complexity index is 1050. The number of aromatic nitrogens is 1. The van der Waals surface area contributed by atoms with Gasteiger partial charge in [0, 0.05) is 25.7 Å². The van der Waals surface area contributed by atoms with Gasteiger partial charge in [-0.15, -0.1) is 15.5 Å². The van der Waals surface area contributed by atoms with E-state index in [1.165, 1.54) is 37.4 Å². The Kier molecular flexibility index (Phi) is 8.64. The van der Waals surface area contributed by atoms with E-state index >= 15 is 0 Å². The van der Waals surface area contributed by atoms with Crippen LogP contribution in [0.5, 0.6) is 0 Å². The van der Waals surface area contributed by atoms with Crippen LogP contribution in [0.2, 0.25) is 0 Å². The smallest absolute Gasteiger partial charge is 0.306 e. The lowest BCUT2D eigenvalue weighted by atomic mass is 9.98. The molecule has 2 N–H and O–H groups in total. The molecule has 1 aromatic carbocycles. The number of nitrogens with zero attached hydrogens (tertiary/aromatic N) is 1. The van der Waals surface area contributed by atoms with Crippen LogP contribution < -0.4 is 10.6 Å². The van der Waals surface area contributed by atoms with Crippen LogP contribution >= 0.6 is 11.6 Å². The molecule has 31 heavy (non-hydrogen) atoms. The van der Waals surface area contributed by atoms with Gasteiger partial charge in [0.25, 0.3) is 0 Å². The van der Waals surface area contributed by atoms with Gasteiger partial charge in [0.15, 0.2) is 5.78 Å². The number of amides is 2. The number of nitrogens with one attached hydrogen (secondary N) is 2. The summed E-state index contributed by atoms with van der Waals surface area (Å²) in [6, 6.07) is 6.77. The highest BCUT2D eigenvalue weighted by molar-refractivity contribution is 7.85. The van der Waals surface area contributed by atoms with Crippen molar-refractivity contribution in [1.82, 2.24) is 15.6 Å². The van der Waals surface area contributed by atoms with E-state index in [0.29, 0.717) is 5.56 Å². The van der Waals surface area contributed by atoms with Gasteiger partial charge in [-0.3, -0.25) is 19.4 Å². The second-order valence-electron chi connectivity index (χ2n) is 6.74. The van der Waals surface area contributed by atoms with E-state index in [2.05, 4.69) is 15.6 Å². The molecule has 2 aromatic rings. The highest BCUT2D eigenvalue weighted by Gasteiger charge is 2.29. The highest BCUT2D eigenvalue weighted by atomic mass is 35.5. The number of halogens is 2. The molecule has 0 aliphatic rings. The summed E-state index contributed by atoms with van der Waals surface area (Å²) < 4.78 is 35.6. The minimum Gasteiger partial charge on any atom is -0.344 e. The maximum Gasteiger partial charge on any atom is 0.306 e. The SMILES string of the molecule is CC(=O)NC(C(=O)NC(Cc1cccnc1)C(=O)CCl)c1ccccc1CS(=O)(=O)F. The molecule has 0 radical (unpaired) electrons. The van der Waals surface area contributed by atoms with Crippen LogP contribution in [0.25, 0.3) is 0 Å². The molecule has 0 saturated heterocycles. The van der Waals surface area contributed by atoms with E-state index in [-0.39, 0.29) is 23.4 Å². The number of Topliss-reactive ketones (excluding diaryl/α,β-unsaturated/α-hetero) is 1. The van der Waals surface area contributed by atoms with Crippen molar-refractivity contribution in [3.8, 4) is 0 Å². The molecule has 2 rings (SSSR count). The average Bonchev–Trinajstić information content (AvgIpc) is 2.71. The monoisotopic (exact) mass is 469 g/mol. The summed E-state index contributed by atoms with van der Waals surface area (Å²) in [7, 11) is -4.89. The number of hydrogen-bond acceptors (Lipinski definition) is 6. The Morgan fingerprint density at radius 2 is 1.84 bits per heavy atom. The second-order valence-corrected chi connectivity index (χ2v) is 8.38. The first-order chi connectivity index (χ1) is 14.6. The number of ketones is 1. The van der Waals surface area contributed by atoms with Crippen LogP contribution in [-0.4, -0.2) is 42.9 Å². The van der Waals surface area contributed by atoms with Crippen LogP contribution in [0, 0.1) is 0 Å². The maximum absolute atomic E-state index is 13.3. The van der Waals surface area contributed by atoms with Crippen molar-refractivity contribution in [1.29, 1.82) is 0 Å². The predicted molar refractivity (Wildman–Crippen MR) is 112 cm³/mol. The largest absolute Gasteiger partial charge is 0.344 e. The zero-order chi connectivity index (χ0) is 23.0. The topological polar surface area (TPSA) is 122 Å². The summed E-state index contributed by atoms with van der Waals surface area (Å²) >= 11 is 5.68. The molecule has 0 fully saturated rings. The van der Waals surface area contributed by atoms with Crippen LogP contribution in [0.1, 0.15) is 29.7 Å². The molecule has 166 valence electrons. The number of hydrogen-bond donors (Lipinski definition) is 2. The standard InChI is InChI=1S/C20H21ClFN3O5S/c1-13(26)24-19(16-7-3-2-6-15(16)12-31(22,29)30)20(28)25-17(18(27)10-21)9-14-5-4-8-23-11-14/h2-8,11,17,19H,9-10,12H2,1H3,(H,24,26)(H,25,28). The van der Waals surface area contributed by atoms with Gasteiger partial charge in [0.05, 0.1) is 11.9 Å². The number of carbonyl (C=O) groups is 3. The van der Waals surface area contributed by atoms with Crippen LogP contribution in [-0.2, 0) is 36.8 Å². The van der Waals surface area contributed by atoms with Gasteiger partial charge in [-0.25, -0.2) is 0 Å². The molecule has 2 amide bonds. The van der Waals surface area contributed by atoms with Gasteiger partial charge in [0.2, 0.25) is 11.8 Å². The van der Waals surface area contributed by atoms with Gasteiger partial charge >= 0.3 is 10.2 Å². The normalized spacial score (nSPS) is 13.1. The van der Waals surface area contributed by atoms with Gasteiger partial charge in [0.1, 0.15) is 11.8 Å². The van der Waals surface area contributed by atoms with Gasteiger partial charge in [-0.1, -0.05) is 30.3 Å². The zero-order valence-electron chi connectivity index (χ0n) is 16.5. The summed E-state index contributed by atoms with van der Waals surface area (Å²) in [5, 5.41) is 4.97. The van der Waals surface area contributed by atoms with Crippen LogP contribution in [0.15, 0.2) is 48.8 Å². The van der Waals surface area contributed by atoms with Crippen molar-refractivity contribution < 1.29 is 26.7 Å². The quantitative estimate of drug-likeness (QED) is 0.402. The third kappa shape index (κ3) is 7.72.